The van der Waals surface area contributed by atoms with E-state index in [2.05, 4.69) is 10.3 Å². The molecule has 1 aliphatic carbocycles. The van der Waals surface area contributed by atoms with Crippen LogP contribution >= 0.6 is 0 Å². The van der Waals surface area contributed by atoms with Crippen LogP contribution in [-0.4, -0.2) is 23.5 Å². The summed E-state index contributed by atoms with van der Waals surface area (Å²) in [6.45, 7) is 0.750. The van der Waals surface area contributed by atoms with Crippen LogP contribution in [0.3, 0.4) is 0 Å². The third kappa shape index (κ3) is 3.53. The second kappa shape index (κ2) is 5.77. The van der Waals surface area contributed by atoms with Crippen molar-refractivity contribution in [3.8, 4) is 0 Å². The fourth-order valence-corrected chi connectivity index (χ4v) is 2.23. The van der Waals surface area contributed by atoms with E-state index in [9.17, 15) is 4.79 Å². The number of carbonyl (C=O) groups excluding carboxylic acids is 1. The van der Waals surface area contributed by atoms with E-state index in [-0.39, 0.29) is 5.91 Å². The van der Waals surface area contributed by atoms with Gasteiger partial charge in [0.15, 0.2) is 0 Å². The number of pyridine rings is 1. The zero-order valence-electron chi connectivity index (χ0n) is 9.93. The molecular formula is C13H19N3O. The largest absolute Gasteiger partial charge is 0.352 e. The van der Waals surface area contributed by atoms with E-state index in [0.717, 1.165) is 32.2 Å². The lowest BCUT2D eigenvalue weighted by Gasteiger charge is -2.26. The highest BCUT2D eigenvalue weighted by molar-refractivity contribution is 5.93. The van der Waals surface area contributed by atoms with Gasteiger partial charge in [-0.25, -0.2) is 0 Å². The van der Waals surface area contributed by atoms with E-state index in [4.69, 9.17) is 5.73 Å². The van der Waals surface area contributed by atoms with Gasteiger partial charge in [-0.1, -0.05) is 0 Å². The monoisotopic (exact) mass is 233 g/mol. The lowest BCUT2D eigenvalue weighted by Crippen LogP contribution is -2.34. The van der Waals surface area contributed by atoms with Crippen molar-refractivity contribution < 1.29 is 4.79 Å². The molecule has 0 spiro atoms. The molecule has 2 rings (SSSR count). The lowest BCUT2D eigenvalue weighted by atomic mass is 9.86. The Balaban J connectivity index is 1.77. The number of rotatable bonds is 3. The maximum absolute atomic E-state index is 11.8. The van der Waals surface area contributed by atoms with Crippen LogP contribution in [0.1, 0.15) is 36.0 Å². The number of hydrogen-bond donors (Lipinski definition) is 2. The highest BCUT2D eigenvalue weighted by Crippen LogP contribution is 2.22. The highest BCUT2D eigenvalue weighted by Gasteiger charge is 2.19. The Kier molecular flexibility index (Phi) is 4.09. The van der Waals surface area contributed by atoms with Crippen molar-refractivity contribution in [3.05, 3.63) is 30.1 Å². The Hall–Kier alpha value is -1.42. The van der Waals surface area contributed by atoms with Crippen molar-refractivity contribution in [1.29, 1.82) is 0 Å². The zero-order chi connectivity index (χ0) is 12.1. The summed E-state index contributed by atoms with van der Waals surface area (Å²) in [4.78, 5) is 15.7. The molecule has 0 radical (unpaired) electrons. The summed E-state index contributed by atoms with van der Waals surface area (Å²) in [5.41, 5.74) is 6.47. The average molecular weight is 233 g/mol. The van der Waals surface area contributed by atoms with Crippen LogP contribution in [0.15, 0.2) is 24.5 Å². The fourth-order valence-electron chi connectivity index (χ4n) is 2.23. The van der Waals surface area contributed by atoms with Crippen LogP contribution in [0.5, 0.6) is 0 Å². The lowest BCUT2D eigenvalue weighted by molar-refractivity contribution is 0.0942. The Morgan fingerprint density at radius 3 is 2.82 bits per heavy atom. The molecule has 4 nitrogen and oxygen atoms in total. The van der Waals surface area contributed by atoms with E-state index in [1.54, 1.807) is 24.5 Å². The number of aromatic nitrogens is 1. The molecule has 1 heterocycles. The molecule has 0 aliphatic heterocycles. The minimum atomic E-state index is -0.0343. The van der Waals surface area contributed by atoms with Gasteiger partial charge in [0.25, 0.3) is 5.91 Å². The molecule has 1 fully saturated rings. The molecule has 3 N–H and O–H groups in total. The molecule has 1 aromatic heterocycles. The first-order valence-electron chi connectivity index (χ1n) is 6.19. The summed E-state index contributed by atoms with van der Waals surface area (Å²) >= 11 is 0. The van der Waals surface area contributed by atoms with Crippen LogP contribution in [-0.2, 0) is 0 Å². The van der Waals surface area contributed by atoms with Gasteiger partial charge in [0.2, 0.25) is 0 Å². The van der Waals surface area contributed by atoms with Gasteiger partial charge in [-0.2, -0.15) is 0 Å². The highest BCUT2D eigenvalue weighted by atomic mass is 16.1. The quantitative estimate of drug-likeness (QED) is 0.827. The molecule has 0 saturated heterocycles. The first-order valence-corrected chi connectivity index (χ1v) is 6.19. The van der Waals surface area contributed by atoms with Crippen LogP contribution in [0.4, 0.5) is 0 Å². The summed E-state index contributed by atoms with van der Waals surface area (Å²) in [5, 5.41) is 2.96. The summed E-state index contributed by atoms with van der Waals surface area (Å²) in [6, 6.07) is 3.91. The maximum Gasteiger partial charge on any atom is 0.252 e. The fraction of sp³-hybridized carbons (Fsp3) is 0.538. The summed E-state index contributed by atoms with van der Waals surface area (Å²) in [5.74, 6) is 0.545. The average Bonchev–Trinajstić information content (AvgIpc) is 2.39. The predicted octanol–water partition coefficient (Wildman–Crippen LogP) is 1.33. The second-order valence-electron chi connectivity index (χ2n) is 4.73. The summed E-state index contributed by atoms with van der Waals surface area (Å²) in [6.07, 6.45) is 7.65. The smallest absolute Gasteiger partial charge is 0.252 e. The third-order valence-corrected chi connectivity index (χ3v) is 3.37. The SMILES string of the molecule is N[C@H]1CC[C@H](CNC(=O)c2cccnc2)CC1. The molecule has 0 unspecified atom stereocenters. The van der Waals surface area contributed by atoms with E-state index in [0.29, 0.717) is 17.5 Å². The first-order chi connectivity index (χ1) is 8.25. The zero-order valence-corrected chi connectivity index (χ0v) is 9.93. The van der Waals surface area contributed by atoms with Gasteiger partial charge < -0.3 is 11.1 Å². The number of amides is 1. The van der Waals surface area contributed by atoms with Crippen LogP contribution in [0, 0.1) is 5.92 Å². The molecular weight excluding hydrogens is 214 g/mol. The molecule has 17 heavy (non-hydrogen) atoms. The molecule has 1 saturated carbocycles. The molecule has 0 atom stereocenters. The first kappa shape index (κ1) is 12.0. The Labute approximate surface area is 102 Å². The number of nitrogens with one attached hydrogen (secondary N) is 1. The van der Waals surface area contributed by atoms with Crippen molar-refractivity contribution in [2.24, 2.45) is 11.7 Å². The molecule has 1 amide bonds. The van der Waals surface area contributed by atoms with Gasteiger partial charge in [-0.15, -0.1) is 0 Å². The number of hydrogen-bond acceptors (Lipinski definition) is 3. The summed E-state index contributed by atoms with van der Waals surface area (Å²) in [7, 11) is 0. The number of nitrogens with two attached hydrogens (primary N) is 1. The van der Waals surface area contributed by atoms with Crippen molar-refractivity contribution >= 4 is 5.91 Å². The van der Waals surface area contributed by atoms with E-state index < -0.39 is 0 Å². The Morgan fingerprint density at radius 1 is 1.41 bits per heavy atom. The molecule has 0 bridgehead atoms. The van der Waals surface area contributed by atoms with Crippen molar-refractivity contribution in [2.45, 2.75) is 31.7 Å². The predicted molar refractivity (Wildman–Crippen MR) is 66.5 cm³/mol. The van der Waals surface area contributed by atoms with Crippen molar-refractivity contribution in [2.75, 3.05) is 6.54 Å². The molecule has 0 aromatic carbocycles. The van der Waals surface area contributed by atoms with Gasteiger partial charge in [0, 0.05) is 25.0 Å². The minimum absolute atomic E-state index is 0.0343. The Bertz CT molecular complexity index is 358. The topological polar surface area (TPSA) is 68.0 Å². The van der Waals surface area contributed by atoms with Gasteiger partial charge in [-0.05, 0) is 43.7 Å². The second-order valence-corrected chi connectivity index (χ2v) is 4.73. The molecule has 4 heteroatoms. The summed E-state index contributed by atoms with van der Waals surface area (Å²) < 4.78 is 0. The Morgan fingerprint density at radius 2 is 2.18 bits per heavy atom. The van der Waals surface area contributed by atoms with Crippen molar-refractivity contribution in [3.63, 3.8) is 0 Å². The number of nitrogens with zero attached hydrogens (tertiary/aromatic N) is 1. The van der Waals surface area contributed by atoms with Gasteiger partial charge >= 0.3 is 0 Å². The van der Waals surface area contributed by atoms with Gasteiger partial charge in [0.05, 0.1) is 5.56 Å². The third-order valence-electron chi connectivity index (χ3n) is 3.37. The normalized spacial score (nSPS) is 24.3. The van der Waals surface area contributed by atoms with Gasteiger partial charge in [-0.3, -0.25) is 9.78 Å². The van der Waals surface area contributed by atoms with Crippen LogP contribution in [0.25, 0.3) is 0 Å². The van der Waals surface area contributed by atoms with E-state index in [1.165, 1.54) is 0 Å². The van der Waals surface area contributed by atoms with Crippen LogP contribution < -0.4 is 11.1 Å². The molecule has 92 valence electrons. The molecule has 1 aromatic rings. The van der Waals surface area contributed by atoms with E-state index >= 15 is 0 Å². The van der Waals surface area contributed by atoms with E-state index in [1.807, 2.05) is 0 Å². The maximum atomic E-state index is 11.8. The number of carbonyl (C=O) groups is 1. The van der Waals surface area contributed by atoms with Crippen molar-refractivity contribution in [1.82, 2.24) is 10.3 Å². The minimum Gasteiger partial charge on any atom is -0.352 e. The van der Waals surface area contributed by atoms with Crippen LogP contribution in [0.2, 0.25) is 0 Å². The standard InChI is InChI=1S/C13H19N3O/c14-12-5-3-10(4-6-12)8-16-13(17)11-2-1-7-15-9-11/h1-2,7,9-10,12H,3-6,8,14H2,(H,16,17)/t10-,12-. The molecule has 1 aliphatic rings. The van der Waals surface area contributed by atoms with Gasteiger partial charge in [0.1, 0.15) is 0 Å².